The molecule has 0 saturated carbocycles. The summed E-state index contributed by atoms with van der Waals surface area (Å²) in [7, 11) is 0. The molecule has 4 rings (SSSR count). The lowest BCUT2D eigenvalue weighted by Crippen LogP contribution is -2.52. The van der Waals surface area contributed by atoms with Crippen LogP contribution in [0.1, 0.15) is 35.2 Å². The van der Waals surface area contributed by atoms with Crippen molar-refractivity contribution in [3.8, 4) is 0 Å². The zero-order valence-corrected chi connectivity index (χ0v) is 15.0. The molecule has 1 aromatic heterocycles. The molecule has 0 spiro atoms. The summed E-state index contributed by atoms with van der Waals surface area (Å²) in [6.07, 6.45) is -3.56. The van der Waals surface area contributed by atoms with Crippen LogP contribution in [-0.4, -0.2) is 23.6 Å². The van der Waals surface area contributed by atoms with Gasteiger partial charge in [0.2, 0.25) is 5.91 Å². The molecule has 28 heavy (non-hydrogen) atoms. The highest BCUT2D eigenvalue weighted by Gasteiger charge is 2.41. The first-order valence-corrected chi connectivity index (χ1v) is 9.20. The molecule has 2 aliphatic heterocycles. The molecule has 3 atom stereocenters. The van der Waals surface area contributed by atoms with E-state index < -0.39 is 17.8 Å². The molecule has 1 aromatic carbocycles. The van der Waals surface area contributed by atoms with Gasteiger partial charge in [-0.05, 0) is 30.2 Å². The smallest absolute Gasteiger partial charge is 0.350 e. The number of hydrogen-bond acceptors (Lipinski definition) is 3. The Morgan fingerprint density at radius 3 is 2.61 bits per heavy atom. The molecule has 3 heterocycles. The van der Waals surface area contributed by atoms with Gasteiger partial charge in [0.25, 0.3) is 5.56 Å². The Morgan fingerprint density at radius 1 is 1.14 bits per heavy atom. The van der Waals surface area contributed by atoms with E-state index in [0.717, 1.165) is 30.8 Å². The fourth-order valence-electron chi connectivity index (χ4n) is 4.24. The summed E-state index contributed by atoms with van der Waals surface area (Å²) in [5, 5.41) is 6.11. The van der Waals surface area contributed by atoms with Crippen molar-refractivity contribution in [1.82, 2.24) is 15.2 Å². The van der Waals surface area contributed by atoms with Crippen molar-refractivity contribution in [1.29, 1.82) is 0 Å². The maximum absolute atomic E-state index is 12.9. The van der Waals surface area contributed by atoms with E-state index >= 15 is 0 Å². The molecule has 0 radical (unpaired) electrons. The van der Waals surface area contributed by atoms with E-state index in [1.807, 2.05) is 6.07 Å². The molecular weight excluding hydrogens is 371 g/mol. The predicted molar refractivity (Wildman–Crippen MR) is 96.7 cm³/mol. The van der Waals surface area contributed by atoms with Crippen LogP contribution >= 0.6 is 0 Å². The van der Waals surface area contributed by atoms with Gasteiger partial charge in [-0.25, -0.2) is 0 Å². The molecule has 5 nitrogen and oxygen atoms in total. The Bertz CT molecular complexity index is 937. The van der Waals surface area contributed by atoms with Crippen molar-refractivity contribution in [2.45, 2.75) is 31.1 Å². The number of pyridine rings is 1. The van der Waals surface area contributed by atoms with Crippen LogP contribution in [-0.2, 0) is 17.5 Å². The fourth-order valence-corrected chi connectivity index (χ4v) is 4.24. The molecule has 148 valence electrons. The second-order valence-corrected chi connectivity index (χ2v) is 7.37. The number of carbonyl (C=O) groups excluding carboxylic acids is 1. The number of fused-ring (bicyclic) bond motifs is 4. The molecule has 2 aliphatic rings. The predicted octanol–water partition coefficient (Wildman–Crippen LogP) is 2.43. The van der Waals surface area contributed by atoms with Crippen LogP contribution < -0.4 is 16.2 Å². The Labute approximate surface area is 159 Å². The molecule has 0 aliphatic carbocycles. The van der Waals surface area contributed by atoms with Gasteiger partial charge in [0, 0.05) is 43.2 Å². The molecule has 2 bridgehead atoms. The highest BCUT2D eigenvalue weighted by Crippen LogP contribution is 2.38. The van der Waals surface area contributed by atoms with Crippen LogP contribution in [0.3, 0.4) is 0 Å². The number of benzene rings is 1. The summed E-state index contributed by atoms with van der Waals surface area (Å²) in [4.78, 5) is 25.4. The lowest BCUT2D eigenvalue weighted by Gasteiger charge is -2.42. The molecule has 2 aromatic rings. The highest BCUT2D eigenvalue weighted by molar-refractivity contribution is 5.81. The molecule has 2 N–H and O–H groups in total. The first-order chi connectivity index (χ1) is 13.3. The standard InChI is InChI=1S/C20H20F3N3O2/c21-20(22,23)15-6-4-12(5-7-15)9-25-19(28)18-14-8-13(10-24-11-14)16-2-1-3-17(27)26(16)18/h1-7,13-14,18,24H,8-11H2,(H,25,28)/t13-,14+,18-/m1/s1. The summed E-state index contributed by atoms with van der Waals surface area (Å²) in [6, 6.07) is 9.11. The van der Waals surface area contributed by atoms with Gasteiger partial charge in [-0.3, -0.25) is 14.2 Å². The average molecular weight is 391 g/mol. The Morgan fingerprint density at radius 2 is 1.89 bits per heavy atom. The van der Waals surface area contributed by atoms with E-state index in [9.17, 15) is 22.8 Å². The zero-order valence-electron chi connectivity index (χ0n) is 15.0. The topological polar surface area (TPSA) is 63.1 Å². The first kappa shape index (κ1) is 18.7. The van der Waals surface area contributed by atoms with Crippen molar-refractivity contribution < 1.29 is 18.0 Å². The highest BCUT2D eigenvalue weighted by atomic mass is 19.4. The second kappa shape index (κ2) is 7.09. The average Bonchev–Trinajstić information content (AvgIpc) is 2.67. The number of nitrogens with one attached hydrogen (secondary N) is 2. The maximum atomic E-state index is 12.9. The van der Waals surface area contributed by atoms with Gasteiger partial charge in [-0.1, -0.05) is 18.2 Å². The van der Waals surface area contributed by atoms with E-state index in [0.29, 0.717) is 12.1 Å². The molecule has 0 unspecified atom stereocenters. The van der Waals surface area contributed by atoms with Crippen molar-refractivity contribution in [3.05, 3.63) is 69.6 Å². The van der Waals surface area contributed by atoms with Gasteiger partial charge in [0.1, 0.15) is 6.04 Å². The molecule has 8 heteroatoms. The normalized spacial score (nSPS) is 23.8. The van der Waals surface area contributed by atoms with Gasteiger partial charge in [-0.2, -0.15) is 13.2 Å². The van der Waals surface area contributed by atoms with Crippen molar-refractivity contribution in [2.75, 3.05) is 13.1 Å². The van der Waals surface area contributed by atoms with E-state index in [-0.39, 0.29) is 29.8 Å². The van der Waals surface area contributed by atoms with Crippen LogP contribution in [0, 0.1) is 5.92 Å². The summed E-state index contributed by atoms with van der Waals surface area (Å²) in [5.74, 6) is -0.0906. The quantitative estimate of drug-likeness (QED) is 0.845. The van der Waals surface area contributed by atoms with Crippen molar-refractivity contribution >= 4 is 5.91 Å². The lowest BCUT2D eigenvalue weighted by atomic mass is 9.79. The maximum Gasteiger partial charge on any atom is 0.416 e. The Kier molecular flexibility index (Phi) is 4.74. The van der Waals surface area contributed by atoms with E-state index in [2.05, 4.69) is 10.6 Å². The van der Waals surface area contributed by atoms with Crippen LogP contribution in [0.25, 0.3) is 0 Å². The summed E-state index contributed by atoms with van der Waals surface area (Å²) in [5.41, 5.74) is 0.488. The Hall–Kier alpha value is -2.61. The van der Waals surface area contributed by atoms with Gasteiger partial charge >= 0.3 is 6.18 Å². The number of halogens is 3. The van der Waals surface area contributed by atoms with Crippen LogP contribution in [0.2, 0.25) is 0 Å². The van der Waals surface area contributed by atoms with Crippen LogP contribution in [0.15, 0.2) is 47.3 Å². The lowest BCUT2D eigenvalue weighted by molar-refractivity contribution is -0.137. The van der Waals surface area contributed by atoms with Crippen molar-refractivity contribution in [2.24, 2.45) is 5.92 Å². The molecular formula is C20H20F3N3O2. The van der Waals surface area contributed by atoms with Crippen LogP contribution in [0.5, 0.6) is 0 Å². The first-order valence-electron chi connectivity index (χ1n) is 9.20. The minimum Gasteiger partial charge on any atom is -0.350 e. The van der Waals surface area contributed by atoms with Crippen molar-refractivity contribution in [3.63, 3.8) is 0 Å². The zero-order chi connectivity index (χ0) is 19.9. The van der Waals surface area contributed by atoms with E-state index in [1.54, 1.807) is 10.6 Å². The second-order valence-electron chi connectivity index (χ2n) is 7.37. The number of amides is 1. The number of alkyl halides is 3. The summed E-state index contributed by atoms with van der Waals surface area (Å²) >= 11 is 0. The van der Waals surface area contributed by atoms with Gasteiger partial charge in [-0.15, -0.1) is 0 Å². The molecule has 1 amide bonds. The monoisotopic (exact) mass is 391 g/mol. The van der Waals surface area contributed by atoms with E-state index in [4.69, 9.17) is 0 Å². The number of aromatic nitrogens is 1. The number of rotatable bonds is 3. The van der Waals surface area contributed by atoms with Gasteiger partial charge in [0.15, 0.2) is 0 Å². The van der Waals surface area contributed by atoms with Crippen LogP contribution in [0.4, 0.5) is 13.2 Å². The van der Waals surface area contributed by atoms with Gasteiger partial charge in [0.05, 0.1) is 5.56 Å². The summed E-state index contributed by atoms with van der Waals surface area (Å²) < 4.78 is 39.6. The minimum absolute atomic E-state index is 0.000967. The SMILES string of the molecule is O=C(NCc1ccc(C(F)(F)F)cc1)[C@H]1[C@@H]2CNC[C@@H](C2)c2cccc(=O)n21. The minimum atomic E-state index is -4.39. The molecule has 1 saturated heterocycles. The third-order valence-electron chi connectivity index (χ3n) is 5.57. The fraction of sp³-hybridized carbons (Fsp3) is 0.400. The summed E-state index contributed by atoms with van der Waals surface area (Å²) in [6.45, 7) is 1.53. The third kappa shape index (κ3) is 3.44. The van der Waals surface area contributed by atoms with E-state index in [1.165, 1.54) is 18.2 Å². The third-order valence-corrected chi connectivity index (χ3v) is 5.57. The molecule has 1 fully saturated rings. The number of nitrogens with zero attached hydrogens (tertiary/aromatic N) is 1. The number of piperidine rings is 1. The Balaban J connectivity index is 1.53. The number of carbonyl (C=O) groups is 1. The number of hydrogen-bond donors (Lipinski definition) is 2. The largest absolute Gasteiger partial charge is 0.416 e. The van der Waals surface area contributed by atoms with Gasteiger partial charge < -0.3 is 10.6 Å².